The largest absolute Gasteiger partial charge is 0.383 e. The number of primary amides is 1. The lowest BCUT2D eigenvalue weighted by molar-refractivity contribution is -0.119. The molecule has 6 N–H and O–H groups in total. The normalized spacial score (nSPS) is 12.4. The van der Waals surface area contributed by atoms with E-state index in [-0.39, 0.29) is 12.3 Å². The van der Waals surface area contributed by atoms with Crippen molar-refractivity contribution in [1.29, 1.82) is 0 Å². The molecule has 16 heavy (non-hydrogen) atoms. The summed E-state index contributed by atoms with van der Waals surface area (Å²) >= 11 is 0. The summed E-state index contributed by atoms with van der Waals surface area (Å²) in [6.45, 7) is 4.65. The van der Waals surface area contributed by atoms with E-state index in [1.165, 1.54) is 0 Å². The minimum Gasteiger partial charge on any atom is -0.383 e. The molecule has 0 rings (SSSR count). The van der Waals surface area contributed by atoms with Crippen LogP contribution in [-0.2, 0) is 9.53 Å². The molecule has 7 nitrogen and oxygen atoms in total. The van der Waals surface area contributed by atoms with Crippen molar-refractivity contribution >= 4 is 11.9 Å². The highest BCUT2D eigenvalue weighted by Gasteiger charge is 2.21. The van der Waals surface area contributed by atoms with Gasteiger partial charge in [-0.05, 0) is 13.8 Å². The van der Waals surface area contributed by atoms with Gasteiger partial charge in [0.2, 0.25) is 11.9 Å². The van der Waals surface area contributed by atoms with E-state index in [4.69, 9.17) is 16.3 Å². The molecule has 0 radical (unpaired) electrons. The van der Waals surface area contributed by atoms with Crippen LogP contribution >= 0.6 is 0 Å². The van der Waals surface area contributed by atoms with E-state index in [0.717, 1.165) is 0 Å². The first-order valence-corrected chi connectivity index (χ1v) is 4.98. The minimum atomic E-state index is -0.496. The standard InChI is InChI=1S/C9H21N5O2/c1-9(2,6-7(10)15)13-8(14-11)12-4-5-16-3/h4-6,11H2,1-3H3,(H2,10,15)(H2,12,13,14). The summed E-state index contributed by atoms with van der Waals surface area (Å²) in [5, 5.41) is 2.99. The fourth-order valence-corrected chi connectivity index (χ4v) is 1.17. The Morgan fingerprint density at radius 3 is 2.56 bits per heavy atom. The fraction of sp³-hybridized carbons (Fsp3) is 0.778. The summed E-state index contributed by atoms with van der Waals surface area (Å²) in [6.07, 6.45) is 0.192. The molecule has 0 aliphatic carbocycles. The van der Waals surface area contributed by atoms with Crippen molar-refractivity contribution in [3.05, 3.63) is 0 Å². The molecule has 0 spiro atoms. The van der Waals surface area contributed by atoms with Crippen LogP contribution in [0.5, 0.6) is 0 Å². The molecular weight excluding hydrogens is 210 g/mol. The van der Waals surface area contributed by atoms with E-state index in [1.807, 2.05) is 13.8 Å². The van der Waals surface area contributed by atoms with Crippen LogP contribution in [0.15, 0.2) is 4.99 Å². The van der Waals surface area contributed by atoms with Crippen LogP contribution in [0, 0.1) is 0 Å². The number of nitrogens with one attached hydrogen (secondary N) is 2. The first-order valence-electron chi connectivity index (χ1n) is 4.98. The molecule has 0 aliphatic rings. The Morgan fingerprint density at radius 1 is 1.50 bits per heavy atom. The second-order valence-electron chi connectivity index (χ2n) is 4.02. The second-order valence-corrected chi connectivity index (χ2v) is 4.02. The first-order chi connectivity index (χ1) is 7.41. The molecule has 0 bridgehead atoms. The number of rotatable bonds is 6. The number of hydrogen-bond donors (Lipinski definition) is 4. The van der Waals surface area contributed by atoms with Gasteiger partial charge in [-0.1, -0.05) is 0 Å². The summed E-state index contributed by atoms with van der Waals surface area (Å²) in [6, 6.07) is 0. The van der Waals surface area contributed by atoms with Crippen LogP contribution < -0.4 is 22.3 Å². The minimum absolute atomic E-state index is 0.192. The summed E-state index contributed by atoms with van der Waals surface area (Å²) in [5.41, 5.74) is 7.05. The van der Waals surface area contributed by atoms with Gasteiger partial charge in [0.15, 0.2) is 0 Å². The lowest BCUT2D eigenvalue weighted by Gasteiger charge is -2.26. The summed E-state index contributed by atoms with van der Waals surface area (Å²) < 4.78 is 4.85. The predicted octanol–water partition coefficient (Wildman–Crippen LogP) is -1.30. The van der Waals surface area contributed by atoms with Crippen LogP contribution in [0.1, 0.15) is 20.3 Å². The van der Waals surface area contributed by atoms with Gasteiger partial charge in [-0.3, -0.25) is 10.2 Å². The van der Waals surface area contributed by atoms with Gasteiger partial charge in [-0.25, -0.2) is 10.8 Å². The van der Waals surface area contributed by atoms with Gasteiger partial charge in [0.1, 0.15) is 0 Å². The average Bonchev–Trinajstić information content (AvgIpc) is 2.14. The average molecular weight is 231 g/mol. The van der Waals surface area contributed by atoms with Crippen molar-refractivity contribution in [3.63, 3.8) is 0 Å². The predicted molar refractivity (Wildman–Crippen MR) is 62.5 cm³/mol. The van der Waals surface area contributed by atoms with Gasteiger partial charge < -0.3 is 15.8 Å². The third kappa shape index (κ3) is 7.02. The molecule has 0 unspecified atom stereocenters. The van der Waals surface area contributed by atoms with Gasteiger partial charge >= 0.3 is 0 Å². The highest BCUT2D eigenvalue weighted by atomic mass is 16.5. The molecule has 1 amide bonds. The van der Waals surface area contributed by atoms with Gasteiger partial charge in [0.05, 0.1) is 13.2 Å². The molecule has 0 saturated carbocycles. The molecule has 0 saturated heterocycles. The van der Waals surface area contributed by atoms with E-state index in [2.05, 4.69) is 15.7 Å². The maximum Gasteiger partial charge on any atom is 0.219 e. The highest BCUT2D eigenvalue weighted by molar-refractivity contribution is 5.81. The van der Waals surface area contributed by atoms with Crippen LogP contribution in [-0.4, -0.2) is 37.7 Å². The fourth-order valence-electron chi connectivity index (χ4n) is 1.17. The van der Waals surface area contributed by atoms with Crippen LogP contribution in [0.4, 0.5) is 0 Å². The number of ether oxygens (including phenoxy) is 1. The number of carbonyl (C=O) groups is 1. The summed E-state index contributed by atoms with van der Waals surface area (Å²) in [7, 11) is 1.59. The Morgan fingerprint density at radius 2 is 2.12 bits per heavy atom. The first kappa shape index (κ1) is 14.7. The molecule has 94 valence electrons. The SMILES string of the molecule is COCCN=C(NN)NC(C)(C)CC(N)=O. The van der Waals surface area contributed by atoms with Gasteiger partial charge in [-0.2, -0.15) is 0 Å². The maximum atomic E-state index is 10.8. The van der Waals surface area contributed by atoms with Gasteiger partial charge in [0.25, 0.3) is 0 Å². The van der Waals surface area contributed by atoms with Crippen molar-refractivity contribution in [1.82, 2.24) is 10.7 Å². The van der Waals surface area contributed by atoms with E-state index in [0.29, 0.717) is 19.1 Å². The monoisotopic (exact) mass is 231 g/mol. The van der Waals surface area contributed by atoms with Crippen LogP contribution in [0.25, 0.3) is 0 Å². The second kappa shape index (κ2) is 7.02. The lowest BCUT2D eigenvalue weighted by Crippen LogP contribution is -2.53. The summed E-state index contributed by atoms with van der Waals surface area (Å²) in [5.74, 6) is 5.31. The Bertz CT molecular complexity index is 252. The van der Waals surface area contributed by atoms with E-state index < -0.39 is 5.54 Å². The van der Waals surface area contributed by atoms with Crippen LogP contribution in [0.2, 0.25) is 0 Å². The van der Waals surface area contributed by atoms with Crippen molar-refractivity contribution in [3.8, 4) is 0 Å². The third-order valence-electron chi connectivity index (χ3n) is 1.78. The summed E-state index contributed by atoms with van der Waals surface area (Å²) in [4.78, 5) is 14.9. The molecule has 0 fully saturated rings. The number of carbonyl (C=O) groups excluding carboxylic acids is 1. The van der Waals surface area contributed by atoms with Crippen LogP contribution in [0.3, 0.4) is 0 Å². The quantitative estimate of drug-likeness (QED) is 0.149. The number of nitrogens with zero attached hydrogens (tertiary/aromatic N) is 1. The lowest BCUT2D eigenvalue weighted by atomic mass is 10.0. The Hall–Kier alpha value is -1.34. The Balaban J connectivity index is 4.28. The van der Waals surface area contributed by atoms with Gasteiger partial charge in [0, 0.05) is 19.1 Å². The number of guanidine groups is 1. The van der Waals surface area contributed by atoms with E-state index in [9.17, 15) is 4.79 Å². The Kier molecular flexibility index (Phi) is 6.43. The maximum absolute atomic E-state index is 10.8. The smallest absolute Gasteiger partial charge is 0.219 e. The highest BCUT2D eigenvalue weighted by Crippen LogP contribution is 2.06. The number of hydrogen-bond acceptors (Lipinski definition) is 4. The van der Waals surface area contributed by atoms with E-state index >= 15 is 0 Å². The molecule has 0 heterocycles. The molecule has 0 aliphatic heterocycles. The molecule has 0 aromatic carbocycles. The number of hydrazine groups is 1. The third-order valence-corrected chi connectivity index (χ3v) is 1.78. The van der Waals surface area contributed by atoms with Crippen molar-refractivity contribution < 1.29 is 9.53 Å². The van der Waals surface area contributed by atoms with Crippen molar-refractivity contribution in [2.24, 2.45) is 16.6 Å². The molecule has 0 aromatic rings. The number of nitrogens with two attached hydrogens (primary N) is 2. The Labute approximate surface area is 95.6 Å². The number of aliphatic imine (C=N–C) groups is 1. The van der Waals surface area contributed by atoms with E-state index in [1.54, 1.807) is 7.11 Å². The number of amides is 1. The zero-order valence-corrected chi connectivity index (χ0v) is 10.0. The number of methoxy groups -OCH3 is 1. The molecular formula is C9H21N5O2. The van der Waals surface area contributed by atoms with Crippen molar-refractivity contribution in [2.75, 3.05) is 20.3 Å². The zero-order valence-electron chi connectivity index (χ0n) is 10.0. The molecule has 0 atom stereocenters. The molecule has 0 aromatic heterocycles. The topological polar surface area (TPSA) is 115 Å². The van der Waals surface area contributed by atoms with Crippen molar-refractivity contribution in [2.45, 2.75) is 25.8 Å². The van der Waals surface area contributed by atoms with Gasteiger partial charge in [-0.15, -0.1) is 0 Å². The zero-order chi connectivity index (χ0) is 12.6. The molecule has 7 heteroatoms.